The highest BCUT2D eigenvalue weighted by Gasteiger charge is 2.45. The van der Waals surface area contributed by atoms with Crippen LogP contribution in [0.25, 0.3) is 53.6 Å². The summed E-state index contributed by atoms with van der Waals surface area (Å²) in [6.07, 6.45) is 0.831. The van der Waals surface area contributed by atoms with Crippen molar-refractivity contribution in [3.63, 3.8) is 0 Å². The molecule has 0 unspecified atom stereocenters. The van der Waals surface area contributed by atoms with Gasteiger partial charge in [-0.3, -0.25) is 0 Å². The summed E-state index contributed by atoms with van der Waals surface area (Å²) in [5, 5.41) is 2.62. The van der Waals surface area contributed by atoms with E-state index < -0.39 is 0 Å². The molecule has 0 radical (unpaired) electrons. The third-order valence-corrected chi connectivity index (χ3v) is 17.3. The summed E-state index contributed by atoms with van der Waals surface area (Å²) in [7, 11) is 0. The van der Waals surface area contributed by atoms with Gasteiger partial charge in [-0.1, -0.05) is 165 Å². The smallest absolute Gasteiger partial charge is 0.252 e. The Morgan fingerprint density at radius 3 is 1.51 bits per heavy atom. The number of hydrogen-bond donors (Lipinski definition) is 0. The van der Waals surface area contributed by atoms with Crippen LogP contribution in [0.15, 0.2) is 176 Å². The summed E-state index contributed by atoms with van der Waals surface area (Å²) < 4.78 is 15.8. The van der Waals surface area contributed by atoms with Gasteiger partial charge in [0.05, 0.1) is 13.2 Å². The van der Waals surface area contributed by atoms with Crippen LogP contribution in [-0.4, -0.2) is 19.9 Å². The first-order chi connectivity index (χ1) is 36.4. The minimum absolute atomic E-state index is 0.00843. The summed E-state index contributed by atoms with van der Waals surface area (Å²) in [5.74, 6) is 1.60. The van der Waals surface area contributed by atoms with E-state index in [0.29, 0.717) is 13.2 Å². The van der Waals surface area contributed by atoms with Crippen molar-refractivity contribution in [2.24, 2.45) is 0 Å². The number of thiophene rings is 1. The number of fused-ring (bicyclic) bond motifs is 8. The summed E-state index contributed by atoms with van der Waals surface area (Å²) in [5.41, 5.74) is 22.9. The summed E-state index contributed by atoms with van der Waals surface area (Å²) in [6.45, 7) is 23.9. The average Bonchev–Trinajstić information content (AvgIpc) is 3.76. The molecule has 0 spiro atoms. The Morgan fingerprint density at radius 1 is 0.408 bits per heavy atom. The minimum Gasteiger partial charge on any atom is -0.490 e. The van der Waals surface area contributed by atoms with E-state index in [1.807, 2.05) is 11.3 Å². The molecule has 3 aliphatic rings. The van der Waals surface area contributed by atoms with E-state index >= 15 is 0 Å². The number of nitrogens with zero attached hydrogens (tertiary/aromatic N) is 2. The van der Waals surface area contributed by atoms with E-state index in [-0.39, 0.29) is 23.0 Å². The Bertz CT molecular complexity index is 3850. The predicted octanol–water partition coefficient (Wildman–Crippen LogP) is 17.5. The van der Waals surface area contributed by atoms with E-state index in [1.54, 1.807) is 0 Å². The first-order valence-electron chi connectivity index (χ1n) is 27.2. The van der Waals surface area contributed by atoms with Crippen LogP contribution >= 0.6 is 11.3 Å². The molecule has 4 nitrogen and oxygen atoms in total. The zero-order valence-corrected chi connectivity index (χ0v) is 46.4. The molecular weight excluding hydrogens is 944 g/mol. The van der Waals surface area contributed by atoms with Gasteiger partial charge in [0.15, 0.2) is 11.5 Å². The van der Waals surface area contributed by atoms with Crippen LogP contribution in [0.1, 0.15) is 91.0 Å². The van der Waals surface area contributed by atoms with E-state index in [9.17, 15) is 0 Å². The Morgan fingerprint density at radius 2 is 0.908 bits per heavy atom. The van der Waals surface area contributed by atoms with Crippen molar-refractivity contribution in [1.29, 1.82) is 0 Å². The van der Waals surface area contributed by atoms with Crippen molar-refractivity contribution in [3.8, 4) is 44.9 Å². The van der Waals surface area contributed by atoms with Crippen molar-refractivity contribution in [2.45, 2.75) is 91.9 Å². The SMILES string of the molecule is Cc1cc2c3c(c1)N(c1ccc(C(C)(C)C)cc1)c1cc4c(cc1B3c1cc(-c3ccc5c(c3)sc3ccccc35)ccc1N2c1cc(-c2ccc(C(C)(C)C)cc2)cc(-c2ccc(C(C)(C)C)cc2)c1)OCCCO4. The fraction of sp³-hybridized carbons (Fsp3) is 0.229. The summed E-state index contributed by atoms with van der Waals surface area (Å²) >= 11 is 1.87. The third-order valence-electron chi connectivity index (χ3n) is 16.1. The van der Waals surface area contributed by atoms with E-state index in [2.05, 4.69) is 255 Å². The van der Waals surface area contributed by atoms with Crippen molar-refractivity contribution < 1.29 is 9.47 Å². The molecule has 0 N–H and O–H groups in total. The molecule has 4 heterocycles. The van der Waals surface area contributed by atoms with Gasteiger partial charge in [0, 0.05) is 66.8 Å². The number of hydrogen-bond acceptors (Lipinski definition) is 5. The molecule has 13 rings (SSSR count). The molecule has 10 aromatic rings. The van der Waals surface area contributed by atoms with Crippen LogP contribution in [0.3, 0.4) is 0 Å². The number of aryl methyl sites for hydroxylation is 1. The molecule has 0 fully saturated rings. The lowest BCUT2D eigenvalue weighted by atomic mass is 9.33. The zero-order chi connectivity index (χ0) is 52.4. The largest absolute Gasteiger partial charge is 0.490 e. The molecule has 9 aromatic carbocycles. The Kier molecular flexibility index (Phi) is 11.3. The highest BCUT2D eigenvalue weighted by molar-refractivity contribution is 7.25. The quantitative estimate of drug-likeness (QED) is 0.160. The third kappa shape index (κ3) is 8.28. The van der Waals surface area contributed by atoms with Gasteiger partial charge < -0.3 is 19.3 Å². The zero-order valence-electron chi connectivity index (χ0n) is 45.6. The Labute approximate surface area is 453 Å². The van der Waals surface area contributed by atoms with Gasteiger partial charge in [0.1, 0.15) is 0 Å². The molecule has 76 heavy (non-hydrogen) atoms. The van der Waals surface area contributed by atoms with Crippen molar-refractivity contribution >= 4 is 88.7 Å². The first-order valence-corrected chi connectivity index (χ1v) is 28.0. The molecular formula is C70H65BN2O2S. The molecule has 6 heteroatoms. The number of ether oxygens (including phenoxy) is 2. The van der Waals surface area contributed by atoms with Gasteiger partial charge in [-0.05, 0) is 162 Å². The van der Waals surface area contributed by atoms with Crippen molar-refractivity contribution in [3.05, 3.63) is 198 Å². The van der Waals surface area contributed by atoms with Gasteiger partial charge in [-0.2, -0.15) is 0 Å². The van der Waals surface area contributed by atoms with Crippen molar-refractivity contribution in [1.82, 2.24) is 0 Å². The maximum atomic E-state index is 6.60. The number of benzene rings is 9. The molecule has 1 aromatic heterocycles. The van der Waals surface area contributed by atoms with Gasteiger partial charge in [0.2, 0.25) is 0 Å². The number of anilines is 6. The van der Waals surface area contributed by atoms with Gasteiger partial charge in [-0.15, -0.1) is 11.3 Å². The van der Waals surface area contributed by atoms with Crippen molar-refractivity contribution in [2.75, 3.05) is 23.0 Å². The fourth-order valence-corrected chi connectivity index (χ4v) is 13.1. The molecule has 0 amide bonds. The lowest BCUT2D eigenvalue weighted by Crippen LogP contribution is -2.61. The molecule has 0 saturated carbocycles. The standard InChI is InChI=1S/C70H65BN2O2S/c1-43-34-61-67-62(35-43)73(54-37-48(44-16-22-50(23-17-44)68(2,3)4)36-49(38-54)45-18-24-51(25-19-45)69(5,6)7)59-31-21-46(47-20-30-56-55-14-11-12-15-65(55)76-66(56)40-47)39-57(59)71(67)58-41-63-64(75-33-13-32-74-63)42-60(58)72(61)53-28-26-52(27-29-53)70(8,9)10/h11-12,14-31,34-42H,13,32-33H2,1-10H3. The molecule has 0 saturated heterocycles. The highest BCUT2D eigenvalue weighted by Crippen LogP contribution is 2.49. The second-order valence-corrected chi connectivity index (χ2v) is 25.6. The maximum absolute atomic E-state index is 6.60. The van der Waals surface area contributed by atoms with Gasteiger partial charge >= 0.3 is 0 Å². The van der Waals surface area contributed by atoms with Crippen LogP contribution in [0.2, 0.25) is 0 Å². The van der Waals surface area contributed by atoms with E-state index in [0.717, 1.165) is 40.7 Å². The lowest BCUT2D eigenvalue weighted by Gasteiger charge is -2.44. The second kappa shape index (κ2) is 17.8. The van der Waals surface area contributed by atoms with Gasteiger partial charge in [-0.25, -0.2) is 0 Å². The van der Waals surface area contributed by atoms with E-state index in [4.69, 9.17) is 9.47 Å². The Balaban J connectivity index is 1.09. The molecule has 0 atom stereocenters. The second-order valence-electron chi connectivity index (χ2n) is 24.5. The fourth-order valence-electron chi connectivity index (χ4n) is 11.9. The normalized spacial score (nSPS) is 14.2. The van der Waals surface area contributed by atoms with Crippen LogP contribution < -0.4 is 35.7 Å². The summed E-state index contributed by atoms with van der Waals surface area (Å²) in [6, 6.07) is 67.4. The molecule has 0 bridgehead atoms. The lowest BCUT2D eigenvalue weighted by molar-refractivity contribution is 0.297. The average molecular weight is 1010 g/mol. The monoisotopic (exact) mass is 1010 g/mol. The van der Waals surface area contributed by atoms with E-state index in [1.165, 1.54) is 104 Å². The Hall–Kier alpha value is -7.54. The summed E-state index contributed by atoms with van der Waals surface area (Å²) in [4.78, 5) is 5.07. The van der Waals surface area contributed by atoms with Gasteiger partial charge in [0.25, 0.3) is 6.71 Å². The maximum Gasteiger partial charge on any atom is 0.252 e. The predicted molar refractivity (Wildman–Crippen MR) is 326 cm³/mol. The van der Waals surface area contributed by atoms with Crippen LogP contribution in [0.5, 0.6) is 11.5 Å². The minimum atomic E-state index is -0.125. The van der Waals surface area contributed by atoms with Crippen LogP contribution in [0.4, 0.5) is 34.1 Å². The molecule has 376 valence electrons. The molecule has 3 aliphatic heterocycles. The number of rotatable bonds is 5. The van der Waals surface area contributed by atoms with Crippen LogP contribution in [0, 0.1) is 6.92 Å². The first kappa shape index (κ1) is 48.1. The molecule has 0 aliphatic carbocycles. The highest BCUT2D eigenvalue weighted by atomic mass is 32.1. The topological polar surface area (TPSA) is 24.9 Å². The van der Waals surface area contributed by atoms with Crippen LogP contribution in [-0.2, 0) is 16.2 Å².